The minimum absolute atomic E-state index is 0.0709. The predicted molar refractivity (Wildman–Crippen MR) is 102 cm³/mol. The van der Waals surface area contributed by atoms with E-state index in [2.05, 4.69) is 20.8 Å². The van der Waals surface area contributed by atoms with Gasteiger partial charge in [-0.1, -0.05) is 39.8 Å². The van der Waals surface area contributed by atoms with Crippen LogP contribution in [0.25, 0.3) is 0 Å². The van der Waals surface area contributed by atoms with Gasteiger partial charge in [0.1, 0.15) is 6.04 Å². The van der Waals surface area contributed by atoms with Crippen LogP contribution < -0.4 is 0 Å². The minimum atomic E-state index is -0.719. The Kier molecular flexibility index (Phi) is 3.99. The van der Waals surface area contributed by atoms with E-state index in [1.54, 1.807) is 24.3 Å². The van der Waals surface area contributed by atoms with E-state index in [0.717, 1.165) is 25.8 Å². The maximum Gasteiger partial charge on any atom is 0.262 e. The first-order valence-corrected chi connectivity index (χ1v) is 9.93. The van der Waals surface area contributed by atoms with E-state index in [4.69, 9.17) is 0 Å². The molecule has 4 rings (SSSR count). The maximum atomic E-state index is 13.5. The molecule has 5 nitrogen and oxygen atoms in total. The molecule has 0 unspecified atom stereocenters. The fourth-order valence-electron chi connectivity index (χ4n) is 5.87. The molecule has 2 fully saturated rings. The first-order valence-electron chi connectivity index (χ1n) is 9.93. The van der Waals surface area contributed by atoms with Crippen molar-refractivity contribution >= 4 is 17.7 Å². The molecule has 2 heterocycles. The van der Waals surface area contributed by atoms with Crippen molar-refractivity contribution in [1.82, 2.24) is 9.80 Å². The zero-order valence-corrected chi connectivity index (χ0v) is 16.6. The van der Waals surface area contributed by atoms with Gasteiger partial charge < -0.3 is 4.90 Å². The fraction of sp³-hybridized carbons (Fsp3) is 0.591. The number of nitrogens with zero attached hydrogens (tertiary/aromatic N) is 2. The van der Waals surface area contributed by atoms with Crippen molar-refractivity contribution in [2.75, 3.05) is 6.54 Å². The third-order valence-electron chi connectivity index (χ3n) is 6.51. The Hall–Kier alpha value is -2.17. The van der Waals surface area contributed by atoms with Crippen molar-refractivity contribution < 1.29 is 14.4 Å². The van der Waals surface area contributed by atoms with Crippen LogP contribution in [0, 0.1) is 10.8 Å². The van der Waals surface area contributed by atoms with Gasteiger partial charge in [0, 0.05) is 12.6 Å². The number of carbonyl (C=O) groups excluding carboxylic acids is 3. The lowest BCUT2D eigenvalue weighted by Crippen LogP contribution is -2.52. The molecule has 1 saturated carbocycles. The Morgan fingerprint density at radius 3 is 2.26 bits per heavy atom. The van der Waals surface area contributed by atoms with Crippen molar-refractivity contribution in [3.05, 3.63) is 35.4 Å². The molecule has 1 aromatic carbocycles. The lowest BCUT2D eigenvalue weighted by molar-refractivity contribution is -0.136. The summed E-state index contributed by atoms with van der Waals surface area (Å²) >= 11 is 0. The Balaban J connectivity index is 1.62. The monoisotopic (exact) mass is 368 g/mol. The molecule has 3 atom stereocenters. The largest absolute Gasteiger partial charge is 0.337 e. The van der Waals surface area contributed by atoms with Gasteiger partial charge in [0.05, 0.1) is 11.1 Å². The zero-order valence-electron chi connectivity index (χ0n) is 16.6. The van der Waals surface area contributed by atoms with Crippen LogP contribution in [0.3, 0.4) is 0 Å². The van der Waals surface area contributed by atoms with Crippen molar-refractivity contribution in [3.63, 3.8) is 0 Å². The van der Waals surface area contributed by atoms with Gasteiger partial charge in [-0.05, 0) is 48.6 Å². The number of rotatable bonds is 3. The van der Waals surface area contributed by atoms with Crippen molar-refractivity contribution in [3.8, 4) is 0 Å². The Morgan fingerprint density at radius 1 is 1.11 bits per heavy atom. The van der Waals surface area contributed by atoms with Crippen LogP contribution >= 0.6 is 0 Å². The molecule has 1 aliphatic carbocycles. The number of amides is 3. The molecular formula is C22H28N2O3. The van der Waals surface area contributed by atoms with Crippen molar-refractivity contribution in [2.45, 2.75) is 65.5 Å². The molecule has 0 radical (unpaired) electrons. The summed E-state index contributed by atoms with van der Waals surface area (Å²) in [6, 6.07) is 6.32. The second kappa shape index (κ2) is 5.91. The lowest BCUT2D eigenvalue weighted by Gasteiger charge is -2.39. The smallest absolute Gasteiger partial charge is 0.262 e. The SMILES string of the molecule is CC[C@@H](C(=O)N1C[C@@]2(C)C[C@@H]1CC(C)(C)C2)N1C(=O)c2ccccc2C1=O. The van der Waals surface area contributed by atoms with Crippen LogP contribution in [-0.4, -0.2) is 46.1 Å². The number of hydrogen-bond acceptors (Lipinski definition) is 3. The molecule has 0 N–H and O–H groups in total. The summed E-state index contributed by atoms with van der Waals surface area (Å²) in [5, 5.41) is 0. The van der Waals surface area contributed by atoms with E-state index in [1.165, 1.54) is 4.90 Å². The number of fused-ring (bicyclic) bond motifs is 3. The highest BCUT2D eigenvalue weighted by molar-refractivity contribution is 6.22. The summed E-state index contributed by atoms with van der Waals surface area (Å²) in [7, 11) is 0. The first-order chi connectivity index (χ1) is 12.7. The molecule has 27 heavy (non-hydrogen) atoms. The van der Waals surface area contributed by atoms with Crippen molar-refractivity contribution in [2.24, 2.45) is 10.8 Å². The molecule has 3 amide bonds. The van der Waals surface area contributed by atoms with E-state index in [0.29, 0.717) is 17.5 Å². The Labute approximate surface area is 160 Å². The van der Waals surface area contributed by atoms with E-state index in [1.807, 2.05) is 11.8 Å². The molecule has 2 bridgehead atoms. The summed E-state index contributed by atoms with van der Waals surface area (Å²) in [6.07, 6.45) is 3.53. The number of hydrogen-bond donors (Lipinski definition) is 0. The van der Waals surface area contributed by atoms with E-state index in [-0.39, 0.29) is 34.6 Å². The lowest BCUT2D eigenvalue weighted by atomic mass is 9.65. The topological polar surface area (TPSA) is 57.7 Å². The third kappa shape index (κ3) is 2.79. The average molecular weight is 368 g/mol. The van der Waals surface area contributed by atoms with Crippen LogP contribution in [0.15, 0.2) is 24.3 Å². The first kappa shape index (κ1) is 18.2. The van der Waals surface area contributed by atoms with E-state index >= 15 is 0 Å². The highest BCUT2D eigenvalue weighted by atomic mass is 16.2. The van der Waals surface area contributed by atoms with Gasteiger partial charge in [0.25, 0.3) is 11.8 Å². The molecule has 3 aliphatic rings. The number of imide groups is 1. The minimum Gasteiger partial charge on any atom is -0.337 e. The van der Waals surface area contributed by atoms with E-state index < -0.39 is 6.04 Å². The molecule has 0 aromatic heterocycles. The normalized spacial score (nSPS) is 29.9. The average Bonchev–Trinajstić information content (AvgIpc) is 3.00. The molecule has 2 aliphatic heterocycles. The molecule has 144 valence electrons. The summed E-state index contributed by atoms with van der Waals surface area (Å²) in [5.41, 5.74) is 1.15. The quantitative estimate of drug-likeness (QED) is 0.768. The highest BCUT2D eigenvalue weighted by Gasteiger charge is 2.53. The summed E-state index contributed by atoms with van der Waals surface area (Å²) < 4.78 is 0. The van der Waals surface area contributed by atoms with Gasteiger partial charge in [-0.25, -0.2) is 0 Å². The fourth-order valence-corrected chi connectivity index (χ4v) is 5.87. The standard InChI is InChI=1S/C22H28N2O3/c1-5-17(24-18(25)15-8-6-7-9-16(15)19(24)26)20(27)23-13-22(4)11-14(23)10-21(2,3)12-22/h6-9,14,17H,5,10-13H2,1-4H3/t14-,17-,22-/m0/s1. The summed E-state index contributed by atoms with van der Waals surface area (Å²) in [5.74, 6) is -0.757. The van der Waals surface area contributed by atoms with Crippen molar-refractivity contribution in [1.29, 1.82) is 0 Å². The predicted octanol–water partition coefficient (Wildman–Crippen LogP) is 3.49. The number of carbonyl (C=O) groups is 3. The molecular weight excluding hydrogens is 340 g/mol. The molecule has 1 aromatic rings. The Morgan fingerprint density at radius 2 is 1.70 bits per heavy atom. The van der Waals surface area contributed by atoms with Crippen LogP contribution in [0.5, 0.6) is 0 Å². The highest BCUT2D eigenvalue weighted by Crippen LogP contribution is 2.52. The van der Waals surface area contributed by atoms with Gasteiger partial charge in [-0.2, -0.15) is 0 Å². The third-order valence-corrected chi connectivity index (χ3v) is 6.51. The maximum absolute atomic E-state index is 13.5. The van der Waals surface area contributed by atoms with E-state index in [9.17, 15) is 14.4 Å². The Bertz CT molecular complexity index is 796. The van der Waals surface area contributed by atoms with Crippen LogP contribution in [-0.2, 0) is 4.79 Å². The van der Waals surface area contributed by atoms with Gasteiger partial charge in [-0.3, -0.25) is 19.3 Å². The van der Waals surface area contributed by atoms with Crippen LogP contribution in [0.1, 0.15) is 74.1 Å². The number of benzene rings is 1. The second-order valence-corrected chi connectivity index (χ2v) is 9.63. The van der Waals surface area contributed by atoms with Crippen LogP contribution in [0.2, 0.25) is 0 Å². The molecule has 5 heteroatoms. The molecule has 1 saturated heterocycles. The second-order valence-electron chi connectivity index (χ2n) is 9.63. The van der Waals surface area contributed by atoms with Gasteiger partial charge in [-0.15, -0.1) is 0 Å². The van der Waals surface area contributed by atoms with Crippen LogP contribution in [0.4, 0.5) is 0 Å². The molecule has 0 spiro atoms. The zero-order chi connectivity index (χ0) is 19.6. The number of likely N-dealkylation sites (tertiary alicyclic amines) is 1. The summed E-state index contributed by atoms with van der Waals surface area (Å²) in [4.78, 5) is 42.4. The van der Waals surface area contributed by atoms with Gasteiger partial charge in [0.2, 0.25) is 5.91 Å². The van der Waals surface area contributed by atoms with Gasteiger partial charge >= 0.3 is 0 Å². The summed E-state index contributed by atoms with van der Waals surface area (Å²) in [6.45, 7) is 9.40. The van der Waals surface area contributed by atoms with Gasteiger partial charge in [0.15, 0.2) is 0 Å².